The van der Waals surface area contributed by atoms with Gasteiger partial charge in [-0.1, -0.05) is 29.8 Å². The van der Waals surface area contributed by atoms with Crippen molar-refractivity contribution >= 4 is 44.6 Å². The number of sulfone groups is 1. The number of carbonyl (C=O) groups is 2. The molecule has 2 amide bonds. The molecule has 2 aromatic carbocycles. The second-order valence-electron chi connectivity index (χ2n) is 5.86. The van der Waals surface area contributed by atoms with Crippen molar-refractivity contribution < 1.29 is 22.4 Å². The van der Waals surface area contributed by atoms with Crippen LogP contribution in [0.15, 0.2) is 70.2 Å². The fraction of sp³-hybridized carbons (Fsp3) is 0.0526. The van der Waals surface area contributed by atoms with Crippen molar-refractivity contribution in [2.75, 3.05) is 16.9 Å². The van der Waals surface area contributed by atoms with Crippen molar-refractivity contribution in [1.82, 2.24) is 0 Å². The Labute approximate surface area is 166 Å². The van der Waals surface area contributed by atoms with Crippen LogP contribution < -0.4 is 10.6 Å². The summed E-state index contributed by atoms with van der Waals surface area (Å²) in [6, 6.07) is 15.7. The number of halogens is 1. The van der Waals surface area contributed by atoms with Crippen LogP contribution in [0, 0.1) is 0 Å². The fourth-order valence-electron chi connectivity index (χ4n) is 2.31. The Morgan fingerprint density at radius 1 is 0.929 bits per heavy atom. The van der Waals surface area contributed by atoms with Gasteiger partial charge in [0.2, 0.25) is 14.9 Å². The number of anilines is 2. The van der Waals surface area contributed by atoms with Gasteiger partial charge in [-0.25, -0.2) is 8.42 Å². The summed E-state index contributed by atoms with van der Waals surface area (Å²) in [6.45, 7) is 0. The number of carbonyl (C=O) groups excluding carboxylic acids is 2. The predicted molar refractivity (Wildman–Crippen MR) is 106 cm³/mol. The Balaban J connectivity index is 1.79. The van der Waals surface area contributed by atoms with Gasteiger partial charge in [0.05, 0.1) is 10.7 Å². The summed E-state index contributed by atoms with van der Waals surface area (Å²) < 4.78 is 28.0. The third kappa shape index (κ3) is 4.59. The molecule has 1 heterocycles. The minimum absolute atomic E-state index is 0.185. The summed E-state index contributed by atoms with van der Waals surface area (Å²) in [4.78, 5) is 24.7. The monoisotopic (exact) mass is 418 g/mol. The predicted octanol–water partition coefficient (Wildman–Crippen LogP) is 3.84. The first-order valence-corrected chi connectivity index (χ1v) is 10.3. The molecule has 3 aromatic rings. The molecule has 0 radical (unpaired) electrons. The lowest BCUT2D eigenvalue weighted by atomic mass is 10.1. The third-order valence-electron chi connectivity index (χ3n) is 3.68. The molecule has 3 rings (SSSR count). The zero-order valence-electron chi connectivity index (χ0n) is 14.6. The molecule has 0 fully saturated rings. The molecule has 0 saturated carbocycles. The van der Waals surface area contributed by atoms with Crippen LogP contribution in [0.1, 0.15) is 20.9 Å². The molecule has 0 saturated heterocycles. The van der Waals surface area contributed by atoms with Gasteiger partial charge in [-0.15, -0.1) is 0 Å². The zero-order valence-corrected chi connectivity index (χ0v) is 16.2. The van der Waals surface area contributed by atoms with Crippen molar-refractivity contribution in [3.05, 3.63) is 77.0 Å². The van der Waals surface area contributed by atoms with Crippen LogP contribution in [0.25, 0.3) is 0 Å². The molecule has 0 unspecified atom stereocenters. The summed E-state index contributed by atoms with van der Waals surface area (Å²) in [5, 5.41) is 5.13. The van der Waals surface area contributed by atoms with Crippen LogP contribution in [0.5, 0.6) is 0 Å². The first kappa shape index (κ1) is 19.7. The minimum atomic E-state index is -3.57. The molecule has 0 atom stereocenters. The van der Waals surface area contributed by atoms with Gasteiger partial charge < -0.3 is 15.1 Å². The molecule has 144 valence electrons. The number of hydrogen-bond acceptors (Lipinski definition) is 5. The highest BCUT2D eigenvalue weighted by Gasteiger charge is 2.18. The number of furan rings is 1. The molecule has 1 aromatic heterocycles. The standard InChI is InChI=1S/C19H15ClN2O5S/c1-28(25,26)17-10-9-16(27-17)19(24)22-15-11-12(7-8-14(15)20)18(23)21-13-5-3-2-4-6-13/h2-11H,1H3,(H,21,23)(H,22,24). The molecule has 0 aliphatic heterocycles. The molecule has 7 nitrogen and oxygen atoms in total. The van der Waals surface area contributed by atoms with Crippen LogP contribution >= 0.6 is 11.6 Å². The maximum Gasteiger partial charge on any atom is 0.291 e. The Bertz CT molecular complexity index is 1140. The molecule has 0 aliphatic rings. The van der Waals surface area contributed by atoms with Crippen molar-refractivity contribution in [2.45, 2.75) is 5.09 Å². The van der Waals surface area contributed by atoms with Crippen molar-refractivity contribution in [2.24, 2.45) is 0 Å². The smallest absolute Gasteiger partial charge is 0.291 e. The quantitative estimate of drug-likeness (QED) is 0.654. The lowest BCUT2D eigenvalue weighted by Gasteiger charge is -2.09. The summed E-state index contributed by atoms with van der Waals surface area (Å²) in [7, 11) is -3.57. The lowest BCUT2D eigenvalue weighted by molar-refractivity contribution is 0.0988. The van der Waals surface area contributed by atoms with Crippen LogP contribution in [0.2, 0.25) is 5.02 Å². The SMILES string of the molecule is CS(=O)(=O)c1ccc(C(=O)Nc2cc(C(=O)Nc3ccccc3)ccc2Cl)o1. The summed E-state index contributed by atoms with van der Waals surface area (Å²) >= 11 is 6.10. The van der Waals surface area contributed by atoms with Crippen LogP contribution in [-0.2, 0) is 9.84 Å². The average Bonchev–Trinajstić information content (AvgIpc) is 3.15. The van der Waals surface area contributed by atoms with Crippen LogP contribution in [0.3, 0.4) is 0 Å². The Hall–Kier alpha value is -3.10. The number of hydrogen-bond donors (Lipinski definition) is 2. The molecule has 0 aliphatic carbocycles. The second-order valence-corrected chi connectivity index (χ2v) is 8.21. The maximum atomic E-state index is 12.4. The lowest BCUT2D eigenvalue weighted by Crippen LogP contribution is -2.14. The molecule has 9 heteroatoms. The zero-order chi connectivity index (χ0) is 20.3. The van der Waals surface area contributed by atoms with Crippen LogP contribution in [0.4, 0.5) is 11.4 Å². The van der Waals surface area contributed by atoms with E-state index in [0.29, 0.717) is 5.69 Å². The van der Waals surface area contributed by atoms with E-state index in [4.69, 9.17) is 16.0 Å². The van der Waals surface area contributed by atoms with E-state index in [1.807, 2.05) is 6.07 Å². The van der Waals surface area contributed by atoms with Crippen molar-refractivity contribution in [3.8, 4) is 0 Å². The highest BCUT2D eigenvalue weighted by atomic mass is 35.5. The highest BCUT2D eigenvalue weighted by Crippen LogP contribution is 2.25. The number of benzene rings is 2. The first-order valence-electron chi connectivity index (χ1n) is 8.01. The Morgan fingerprint density at radius 3 is 2.29 bits per heavy atom. The van der Waals surface area contributed by atoms with Crippen LogP contribution in [-0.4, -0.2) is 26.5 Å². The van der Waals surface area contributed by atoms with Gasteiger partial charge in [-0.05, 0) is 42.5 Å². The highest BCUT2D eigenvalue weighted by molar-refractivity contribution is 7.90. The van der Waals surface area contributed by atoms with E-state index in [9.17, 15) is 18.0 Å². The molecular weight excluding hydrogens is 404 g/mol. The van der Waals surface area contributed by atoms with E-state index in [1.165, 1.54) is 30.3 Å². The van der Waals surface area contributed by atoms with Gasteiger partial charge in [0.15, 0.2) is 5.76 Å². The average molecular weight is 419 g/mol. The molecule has 0 bridgehead atoms. The summed E-state index contributed by atoms with van der Waals surface area (Å²) in [5.74, 6) is -1.27. The Morgan fingerprint density at radius 2 is 1.64 bits per heavy atom. The molecule has 2 N–H and O–H groups in total. The molecule has 0 spiro atoms. The van der Waals surface area contributed by atoms with E-state index in [0.717, 1.165) is 6.26 Å². The van der Waals surface area contributed by atoms with E-state index < -0.39 is 15.7 Å². The van der Waals surface area contributed by atoms with Crippen molar-refractivity contribution in [3.63, 3.8) is 0 Å². The van der Waals surface area contributed by atoms with Gasteiger partial charge in [0.25, 0.3) is 11.8 Å². The van der Waals surface area contributed by atoms with Crippen molar-refractivity contribution in [1.29, 1.82) is 0 Å². The third-order valence-corrected chi connectivity index (χ3v) is 4.96. The normalized spacial score (nSPS) is 11.1. The molecular formula is C19H15ClN2O5S. The summed E-state index contributed by atoms with van der Waals surface area (Å²) in [5.41, 5.74) is 1.08. The largest absolute Gasteiger partial charge is 0.440 e. The van der Waals surface area contributed by atoms with Gasteiger partial charge in [0, 0.05) is 17.5 Å². The number of nitrogens with one attached hydrogen (secondary N) is 2. The van der Waals surface area contributed by atoms with Gasteiger partial charge in [0.1, 0.15) is 0 Å². The van der Waals surface area contributed by atoms with E-state index in [-0.39, 0.29) is 33.0 Å². The Kier molecular flexibility index (Phi) is 5.53. The fourth-order valence-corrected chi connectivity index (χ4v) is 3.03. The van der Waals surface area contributed by atoms with Gasteiger partial charge >= 0.3 is 0 Å². The molecule has 28 heavy (non-hydrogen) atoms. The summed E-state index contributed by atoms with van der Waals surface area (Å²) in [6.07, 6.45) is 0.971. The number of rotatable bonds is 5. The first-order chi connectivity index (χ1) is 13.2. The minimum Gasteiger partial charge on any atom is -0.440 e. The second kappa shape index (κ2) is 7.87. The van der Waals surface area contributed by atoms with E-state index >= 15 is 0 Å². The topological polar surface area (TPSA) is 105 Å². The number of amides is 2. The van der Waals surface area contributed by atoms with Gasteiger partial charge in [-0.2, -0.15) is 0 Å². The van der Waals surface area contributed by atoms with Gasteiger partial charge in [-0.3, -0.25) is 9.59 Å². The maximum absolute atomic E-state index is 12.4. The van der Waals surface area contributed by atoms with E-state index in [1.54, 1.807) is 24.3 Å². The number of para-hydroxylation sites is 1. The van der Waals surface area contributed by atoms with E-state index in [2.05, 4.69) is 10.6 Å².